The SMILES string of the molecule is Cn1cc(C=Cc2ccc(Cl)cc2)c2cc(NC(=O)CCl)cnc21. The normalized spacial score (nSPS) is 11.3. The van der Waals surface area contributed by atoms with E-state index < -0.39 is 0 Å². The predicted molar refractivity (Wildman–Crippen MR) is 100 cm³/mol. The van der Waals surface area contributed by atoms with Crippen molar-refractivity contribution in [3.05, 3.63) is 58.9 Å². The van der Waals surface area contributed by atoms with Crippen LogP contribution in [0.15, 0.2) is 42.7 Å². The molecule has 0 radical (unpaired) electrons. The molecule has 0 saturated carbocycles. The van der Waals surface area contributed by atoms with Gasteiger partial charge in [0.1, 0.15) is 11.5 Å². The zero-order valence-corrected chi connectivity index (χ0v) is 14.5. The van der Waals surface area contributed by atoms with Crippen molar-refractivity contribution >= 4 is 58.0 Å². The maximum Gasteiger partial charge on any atom is 0.239 e. The van der Waals surface area contributed by atoms with Crippen molar-refractivity contribution < 1.29 is 4.79 Å². The molecule has 0 aliphatic heterocycles. The van der Waals surface area contributed by atoms with Gasteiger partial charge < -0.3 is 9.88 Å². The summed E-state index contributed by atoms with van der Waals surface area (Å²) in [5.74, 6) is -0.345. The monoisotopic (exact) mass is 359 g/mol. The van der Waals surface area contributed by atoms with Gasteiger partial charge in [0.05, 0.1) is 11.9 Å². The number of anilines is 1. The summed E-state index contributed by atoms with van der Waals surface area (Å²) < 4.78 is 1.95. The Morgan fingerprint density at radius 1 is 1.29 bits per heavy atom. The molecule has 4 nitrogen and oxygen atoms in total. The first-order chi connectivity index (χ1) is 11.6. The first kappa shape index (κ1) is 16.6. The van der Waals surface area contributed by atoms with Crippen LogP contribution in [0.25, 0.3) is 23.2 Å². The molecule has 0 aliphatic rings. The topological polar surface area (TPSA) is 46.9 Å². The van der Waals surface area contributed by atoms with Crippen LogP contribution in [0, 0.1) is 0 Å². The zero-order valence-electron chi connectivity index (χ0n) is 13.0. The Morgan fingerprint density at radius 2 is 2.04 bits per heavy atom. The molecule has 0 spiro atoms. The van der Waals surface area contributed by atoms with Crippen LogP contribution < -0.4 is 5.32 Å². The van der Waals surface area contributed by atoms with Crippen LogP contribution in [0.1, 0.15) is 11.1 Å². The number of hydrogen-bond donors (Lipinski definition) is 1. The van der Waals surface area contributed by atoms with E-state index in [0.717, 1.165) is 22.2 Å². The molecule has 1 amide bonds. The highest BCUT2D eigenvalue weighted by Crippen LogP contribution is 2.24. The van der Waals surface area contributed by atoms with E-state index in [-0.39, 0.29) is 11.8 Å². The quantitative estimate of drug-likeness (QED) is 0.693. The summed E-state index contributed by atoms with van der Waals surface area (Å²) in [4.78, 5) is 15.9. The fourth-order valence-corrected chi connectivity index (χ4v) is 2.64. The van der Waals surface area contributed by atoms with Crippen molar-refractivity contribution in [3.8, 4) is 0 Å². The summed E-state index contributed by atoms with van der Waals surface area (Å²) in [6, 6.07) is 9.51. The summed E-state index contributed by atoms with van der Waals surface area (Å²) in [5, 5.41) is 4.38. The van der Waals surface area contributed by atoms with E-state index in [9.17, 15) is 4.79 Å². The number of carbonyl (C=O) groups excluding carboxylic acids is 1. The van der Waals surface area contributed by atoms with E-state index in [4.69, 9.17) is 23.2 Å². The molecule has 2 heterocycles. The summed E-state index contributed by atoms with van der Waals surface area (Å²) in [6.07, 6.45) is 7.65. The van der Waals surface area contributed by atoms with Crippen molar-refractivity contribution in [1.29, 1.82) is 0 Å². The lowest BCUT2D eigenvalue weighted by Crippen LogP contribution is -2.12. The van der Waals surface area contributed by atoms with Crippen molar-refractivity contribution in [3.63, 3.8) is 0 Å². The Kier molecular flexibility index (Phi) is 4.88. The molecule has 0 fully saturated rings. The van der Waals surface area contributed by atoms with Crippen molar-refractivity contribution in [2.45, 2.75) is 0 Å². The fourth-order valence-electron chi connectivity index (χ4n) is 2.45. The molecular weight excluding hydrogens is 345 g/mol. The van der Waals surface area contributed by atoms with Gasteiger partial charge in [-0.1, -0.05) is 35.9 Å². The van der Waals surface area contributed by atoms with Gasteiger partial charge >= 0.3 is 0 Å². The Balaban J connectivity index is 1.96. The number of aryl methyl sites for hydroxylation is 1. The number of fused-ring (bicyclic) bond motifs is 1. The maximum absolute atomic E-state index is 11.4. The van der Waals surface area contributed by atoms with Gasteiger partial charge in [-0.15, -0.1) is 11.6 Å². The van der Waals surface area contributed by atoms with Crippen molar-refractivity contribution in [2.75, 3.05) is 11.2 Å². The average Bonchev–Trinajstić information content (AvgIpc) is 2.90. The smallest absolute Gasteiger partial charge is 0.239 e. The van der Waals surface area contributed by atoms with Gasteiger partial charge in [0.25, 0.3) is 0 Å². The van der Waals surface area contributed by atoms with Gasteiger partial charge in [-0.2, -0.15) is 0 Å². The largest absolute Gasteiger partial charge is 0.335 e. The Hall–Kier alpha value is -2.30. The van der Waals surface area contributed by atoms with Crippen molar-refractivity contribution in [1.82, 2.24) is 9.55 Å². The van der Waals surface area contributed by atoms with E-state index in [1.165, 1.54) is 0 Å². The van der Waals surface area contributed by atoms with Crippen LogP contribution >= 0.6 is 23.2 Å². The number of alkyl halides is 1. The second kappa shape index (κ2) is 7.07. The second-order valence-electron chi connectivity index (χ2n) is 5.36. The molecule has 2 aromatic heterocycles. The third-order valence-electron chi connectivity index (χ3n) is 3.57. The number of nitrogens with zero attached hydrogens (tertiary/aromatic N) is 2. The van der Waals surface area contributed by atoms with Crippen LogP contribution in [0.3, 0.4) is 0 Å². The second-order valence-corrected chi connectivity index (χ2v) is 6.06. The maximum atomic E-state index is 11.4. The number of hydrogen-bond acceptors (Lipinski definition) is 2. The molecule has 0 bridgehead atoms. The Bertz CT molecular complexity index is 914. The minimum absolute atomic E-state index is 0.0871. The predicted octanol–water partition coefficient (Wildman–Crippen LogP) is 4.57. The molecule has 0 atom stereocenters. The molecule has 6 heteroatoms. The summed E-state index contributed by atoms with van der Waals surface area (Å²) in [6.45, 7) is 0. The standard InChI is InChI=1S/C18H15Cl2N3O/c1-23-11-13(5-2-12-3-6-14(20)7-4-12)16-8-15(10-21-18(16)23)22-17(24)9-19/h2-8,10-11H,9H2,1H3,(H,22,24). The Labute approximate surface area is 149 Å². The molecule has 1 aromatic carbocycles. The van der Waals surface area contributed by atoms with E-state index >= 15 is 0 Å². The van der Waals surface area contributed by atoms with Crippen LogP contribution in [-0.2, 0) is 11.8 Å². The van der Waals surface area contributed by atoms with Crippen LogP contribution in [-0.4, -0.2) is 21.3 Å². The van der Waals surface area contributed by atoms with Gasteiger partial charge in [0, 0.05) is 29.2 Å². The highest BCUT2D eigenvalue weighted by atomic mass is 35.5. The number of nitrogens with one attached hydrogen (secondary N) is 1. The number of carbonyl (C=O) groups is 1. The minimum Gasteiger partial charge on any atom is -0.335 e. The van der Waals surface area contributed by atoms with Gasteiger partial charge in [0.15, 0.2) is 0 Å². The first-order valence-corrected chi connectivity index (χ1v) is 8.22. The molecule has 0 unspecified atom stereocenters. The Morgan fingerprint density at radius 3 is 2.75 bits per heavy atom. The van der Waals surface area contributed by atoms with Gasteiger partial charge in [0.2, 0.25) is 5.91 Å². The lowest BCUT2D eigenvalue weighted by Gasteiger charge is -2.03. The first-order valence-electron chi connectivity index (χ1n) is 7.31. The van der Waals surface area contributed by atoms with E-state index in [2.05, 4.69) is 10.3 Å². The number of benzene rings is 1. The third kappa shape index (κ3) is 3.61. The number of amides is 1. The molecule has 122 valence electrons. The minimum atomic E-state index is -0.257. The number of rotatable bonds is 4. The van der Waals surface area contributed by atoms with Crippen LogP contribution in [0.2, 0.25) is 5.02 Å². The zero-order chi connectivity index (χ0) is 17.1. The summed E-state index contributed by atoms with van der Waals surface area (Å²) >= 11 is 11.4. The van der Waals surface area contributed by atoms with Crippen LogP contribution in [0.4, 0.5) is 5.69 Å². The number of aromatic nitrogens is 2. The molecule has 24 heavy (non-hydrogen) atoms. The molecule has 0 aliphatic carbocycles. The summed E-state index contributed by atoms with van der Waals surface area (Å²) in [5.41, 5.74) is 3.53. The number of halogens is 2. The lowest BCUT2D eigenvalue weighted by molar-refractivity contribution is -0.113. The van der Waals surface area contributed by atoms with E-state index in [1.54, 1.807) is 6.20 Å². The van der Waals surface area contributed by atoms with E-state index in [0.29, 0.717) is 10.7 Å². The van der Waals surface area contributed by atoms with Crippen molar-refractivity contribution in [2.24, 2.45) is 7.05 Å². The third-order valence-corrected chi connectivity index (χ3v) is 4.07. The molecule has 3 aromatic rings. The average molecular weight is 360 g/mol. The highest BCUT2D eigenvalue weighted by Gasteiger charge is 2.08. The van der Waals surface area contributed by atoms with E-state index in [1.807, 2.05) is 60.3 Å². The van der Waals surface area contributed by atoms with Gasteiger partial charge in [-0.25, -0.2) is 4.98 Å². The molecule has 0 saturated heterocycles. The van der Waals surface area contributed by atoms with Crippen LogP contribution in [0.5, 0.6) is 0 Å². The fraction of sp³-hybridized carbons (Fsp3) is 0.111. The molecule has 3 rings (SSSR count). The number of pyridine rings is 1. The van der Waals surface area contributed by atoms with Gasteiger partial charge in [-0.05, 0) is 23.8 Å². The molecular formula is C18H15Cl2N3O. The lowest BCUT2D eigenvalue weighted by atomic mass is 10.1. The van der Waals surface area contributed by atoms with Gasteiger partial charge in [-0.3, -0.25) is 4.79 Å². The highest BCUT2D eigenvalue weighted by molar-refractivity contribution is 6.30. The summed E-state index contributed by atoms with van der Waals surface area (Å²) in [7, 11) is 1.94. The molecule has 1 N–H and O–H groups in total.